The van der Waals surface area contributed by atoms with Crippen LogP contribution in [0.4, 0.5) is 0 Å². The van der Waals surface area contributed by atoms with Crippen LogP contribution >= 0.6 is 34.8 Å². The maximum Gasteiger partial charge on any atom is 0.335 e. The number of halogens is 3. The Morgan fingerprint density at radius 1 is 1.00 bits per heavy atom. The molecule has 3 nitrogen and oxygen atoms in total. The van der Waals surface area contributed by atoms with Crippen LogP contribution in [0.3, 0.4) is 0 Å². The van der Waals surface area contributed by atoms with Crippen LogP contribution in [-0.4, -0.2) is 16.1 Å². The third kappa shape index (κ3) is 2.93. The molecule has 0 aliphatic rings. The van der Waals surface area contributed by atoms with Gasteiger partial charge in [0, 0.05) is 15.6 Å². The first-order valence-corrected chi connectivity index (χ1v) is 5.96. The van der Waals surface area contributed by atoms with Gasteiger partial charge in [-0.3, -0.25) is 0 Å². The third-order valence-corrected chi connectivity index (χ3v) is 2.83. The smallest absolute Gasteiger partial charge is 0.335 e. The van der Waals surface area contributed by atoms with Gasteiger partial charge in [-0.25, -0.2) is 9.78 Å². The fourth-order valence-electron chi connectivity index (χ4n) is 1.47. The second-order valence-corrected chi connectivity index (χ2v) is 4.79. The van der Waals surface area contributed by atoms with Crippen molar-refractivity contribution in [3.8, 4) is 11.3 Å². The number of carboxylic acids is 1. The van der Waals surface area contributed by atoms with E-state index >= 15 is 0 Å². The number of nitrogens with zero attached hydrogens (tertiary/aromatic N) is 1. The van der Waals surface area contributed by atoms with E-state index in [1.165, 1.54) is 12.1 Å². The monoisotopic (exact) mass is 301 g/mol. The molecule has 0 atom stereocenters. The standard InChI is InChI=1S/C12H6Cl3NO2/c13-8-1-6(2-9(14)5-8)10-3-7(12(17)18)4-11(15)16-10/h1-5H,(H,17,18). The van der Waals surface area contributed by atoms with E-state index in [0.29, 0.717) is 21.3 Å². The molecule has 6 heteroatoms. The van der Waals surface area contributed by atoms with Crippen LogP contribution < -0.4 is 0 Å². The van der Waals surface area contributed by atoms with Gasteiger partial charge in [-0.05, 0) is 30.3 Å². The number of carbonyl (C=O) groups is 1. The number of benzene rings is 1. The molecule has 0 spiro atoms. The first-order chi connectivity index (χ1) is 8.45. The van der Waals surface area contributed by atoms with E-state index in [-0.39, 0.29) is 10.7 Å². The lowest BCUT2D eigenvalue weighted by atomic mass is 10.1. The van der Waals surface area contributed by atoms with Crippen molar-refractivity contribution < 1.29 is 9.90 Å². The van der Waals surface area contributed by atoms with Crippen LogP contribution in [0, 0.1) is 0 Å². The zero-order valence-corrected chi connectivity index (χ0v) is 11.1. The highest BCUT2D eigenvalue weighted by atomic mass is 35.5. The molecule has 0 fully saturated rings. The number of aromatic nitrogens is 1. The van der Waals surface area contributed by atoms with Crippen molar-refractivity contribution in [3.05, 3.63) is 51.1 Å². The third-order valence-electron chi connectivity index (χ3n) is 2.20. The summed E-state index contributed by atoms with van der Waals surface area (Å²) < 4.78 is 0. The summed E-state index contributed by atoms with van der Waals surface area (Å²) >= 11 is 17.5. The Labute approximate surface area is 118 Å². The molecule has 0 aliphatic heterocycles. The van der Waals surface area contributed by atoms with Crippen molar-refractivity contribution in [1.82, 2.24) is 4.98 Å². The molecule has 2 aromatic rings. The van der Waals surface area contributed by atoms with Gasteiger partial charge >= 0.3 is 5.97 Å². The van der Waals surface area contributed by atoms with E-state index in [1.54, 1.807) is 18.2 Å². The minimum atomic E-state index is -1.08. The van der Waals surface area contributed by atoms with Crippen molar-refractivity contribution in [2.24, 2.45) is 0 Å². The highest BCUT2D eigenvalue weighted by molar-refractivity contribution is 6.35. The summed E-state index contributed by atoms with van der Waals surface area (Å²) in [5.41, 5.74) is 1.07. The molecular formula is C12H6Cl3NO2. The van der Waals surface area contributed by atoms with Gasteiger partial charge in [0.2, 0.25) is 0 Å². The molecule has 0 unspecified atom stereocenters. The highest BCUT2D eigenvalue weighted by Gasteiger charge is 2.10. The Morgan fingerprint density at radius 2 is 1.61 bits per heavy atom. The molecule has 0 saturated heterocycles. The number of hydrogen-bond donors (Lipinski definition) is 1. The Balaban J connectivity index is 2.59. The normalized spacial score (nSPS) is 10.4. The molecule has 0 radical (unpaired) electrons. The van der Waals surface area contributed by atoms with Gasteiger partial charge in [-0.1, -0.05) is 34.8 Å². The van der Waals surface area contributed by atoms with Crippen LogP contribution in [0.25, 0.3) is 11.3 Å². The summed E-state index contributed by atoms with van der Waals surface area (Å²) in [6.45, 7) is 0. The molecule has 0 saturated carbocycles. The second-order valence-electron chi connectivity index (χ2n) is 3.53. The first-order valence-electron chi connectivity index (χ1n) is 4.83. The van der Waals surface area contributed by atoms with E-state index in [9.17, 15) is 4.79 Å². The number of rotatable bonds is 2. The van der Waals surface area contributed by atoms with Gasteiger partial charge in [-0.2, -0.15) is 0 Å². The molecule has 2 rings (SSSR count). The summed E-state index contributed by atoms with van der Waals surface area (Å²) in [6, 6.07) is 7.54. The number of aromatic carboxylic acids is 1. The molecular weight excluding hydrogens is 296 g/mol. The molecule has 1 aromatic carbocycles. The van der Waals surface area contributed by atoms with Gasteiger partial charge in [0.1, 0.15) is 5.15 Å². The summed E-state index contributed by atoms with van der Waals surface area (Å²) in [5.74, 6) is -1.08. The van der Waals surface area contributed by atoms with Crippen molar-refractivity contribution in [2.45, 2.75) is 0 Å². The van der Waals surface area contributed by atoms with Gasteiger partial charge < -0.3 is 5.11 Å². The quantitative estimate of drug-likeness (QED) is 0.836. The number of pyridine rings is 1. The van der Waals surface area contributed by atoms with Crippen molar-refractivity contribution in [2.75, 3.05) is 0 Å². The summed E-state index contributed by atoms with van der Waals surface area (Å²) in [7, 11) is 0. The van der Waals surface area contributed by atoms with E-state index < -0.39 is 5.97 Å². The van der Waals surface area contributed by atoms with E-state index in [1.807, 2.05) is 0 Å². The second kappa shape index (κ2) is 5.14. The van der Waals surface area contributed by atoms with Crippen LogP contribution in [0.2, 0.25) is 15.2 Å². The summed E-state index contributed by atoms with van der Waals surface area (Å²) in [5, 5.41) is 9.93. The predicted octanol–water partition coefficient (Wildman–Crippen LogP) is 4.41. The van der Waals surface area contributed by atoms with Crippen LogP contribution in [-0.2, 0) is 0 Å². The van der Waals surface area contributed by atoms with Crippen LogP contribution in [0.1, 0.15) is 10.4 Å². The maximum absolute atomic E-state index is 10.9. The van der Waals surface area contributed by atoms with Crippen LogP contribution in [0.5, 0.6) is 0 Å². The van der Waals surface area contributed by atoms with E-state index in [0.717, 1.165) is 0 Å². The SMILES string of the molecule is O=C(O)c1cc(Cl)nc(-c2cc(Cl)cc(Cl)c2)c1. The minimum absolute atomic E-state index is 0.0566. The Bertz CT molecular complexity index is 608. The molecule has 0 bridgehead atoms. The minimum Gasteiger partial charge on any atom is -0.478 e. The predicted molar refractivity (Wildman–Crippen MR) is 71.7 cm³/mol. The fourth-order valence-corrected chi connectivity index (χ4v) is 2.20. The lowest BCUT2D eigenvalue weighted by Crippen LogP contribution is -1.98. The summed E-state index contributed by atoms with van der Waals surface area (Å²) in [6.07, 6.45) is 0. The molecule has 1 N–H and O–H groups in total. The number of hydrogen-bond acceptors (Lipinski definition) is 2. The number of carboxylic acid groups (broad SMARTS) is 1. The lowest BCUT2D eigenvalue weighted by molar-refractivity contribution is 0.0697. The molecule has 1 heterocycles. The largest absolute Gasteiger partial charge is 0.478 e. The highest BCUT2D eigenvalue weighted by Crippen LogP contribution is 2.27. The average Bonchev–Trinajstić information content (AvgIpc) is 2.26. The zero-order valence-electron chi connectivity index (χ0n) is 8.82. The summed E-state index contributed by atoms with van der Waals surface area (Å²) in [4.78, 5) is 15.0. The molecule has 0 amide bonds. The topological polar surface area (TPSA) is 50.2 Å². The van der Waals surface area contributed by atoms with Gasteiger partial charge in [0.15, 0.2) is 0 Å². The molecule has 92 valence electrons. The van der Waals surface area contributed by atoms with Gasteiger partial charge in [0.05, 0.1) is 11.3 Å². The molecule has 18 heavy (non-hydrogen) atoms. The van der Waals surface area contributed by atoms with E-state index in [4.69, 9.17) is 39.9 Å². The van der Waals surface area contributed by atoms with Gasteiger partial charge in [0.25, 0.3) is 0 Å². The van der Waals surface area contributed by atoms with Crippen LogP contribution in [0.15, 0.2) is 30.3 Å². The van der Waals surface area contributed by atoms with Crippen molar-refractivity contribution in [3.63, 3.8) is 0 Å². The first kappa shape index (κ1) is 13.1. The Hall–Kier alpha value is -1.29. The van der Waals surface area contributed by atoms with Gasteiger partial charge in [-0.15, -0.1) is 0 Å². The maximum atomic E-state index is 10.9. The average molecular weight is 303 g/mol. The Morgan fingerprint density at radius 3 is 2.17 bits per heavy atom. The Kier molecular flexibility index (Phi) is 3.76. The molecule has 0 aliphatic carbocycles. The van der Waals surface area contributed by atoms with Crippen molar-refractivity contribution >= 4 is 40.8 Å². The lowest BCUT2D eigenvalue weighted by Gasteiger charge is -2.05. The fraction of sp³-hybridized carbons (Fsp3) is 0. The van der Waals surface area contributed by atoms with Crippen molar-refractivity contribution in [1.29, 1.82) is 0 Å². The molecule has 1 aromatic heterocycles. The zero-order chi connectivity index (χ0) is 13.3. The van der Waals surface area contributed by atoms with E-state index in [2.05, 4.69) is 4.98 Å².